The van der Waals surface area contributed by atoms with Crippen molar-refractivity contribution < 1.29 is 4.79 Å². The maximum Gasteiger partial charge on any atom is 0.240 e. The van der Waals surface area contributed by atoms with Crippen molar-refractivity contribution >= 4 is 5.91 Å². The third-order valence-electron chi connectivity index (χ3n) is 3.97. The second-order valence-corrected chi connectivity index (χ2v) is 5.86. The van der Waals surface area contributed by atoms with Crippen molar-refractivity contribution in [1.82, 2.24) is 10.6 Å². The average Bonchev–Trinajstić information content (AvgIpc) is 2.22. The van der Waals surface area contributed by atoms with Gasteiger partial charge in [-0.25, -0.2) is 0 Å². The molecule has 0 bridgehead atoms. The molecule has 1 saturated heterocycles. The Labute approximate surface area is 98.4 Å². The van der Waals surface area contributed by atoms with Gasteiger partial charge in [0.1, 0.15) is 0 Å². The van der Waals surface area contributed by atoms with Crippen LogP contribution in [0, 0.1) is 11.8 Å². The van der Waals surface area contributed by atoms with Gasteiger partial charge in [-0.3, -0.25) is 4.79 Å². The van der Waals surface area contributed by atoms with Gasteiger partial charge in [0.15, 0.2) is 0 Å². The first-order valence-electron chi connectivity index (χ1n) is 6.66. The zero-order chi connectivity index (χ0) is 11.6. The lowest BCUT2D eigenvalue weighted by atomic mass is 9.72. The molecule has 0 radical (unpaired) electrons. The Hall–Kier alpha value is -0.570. The van der Waals surface area contributed by atoms with Crippen molar-refractivity contribution in [2.45, 2.75) is 51.5 Å². The predicted octanol–water partition coefficient (Wildman–Crippen LogP) is 1.68. The Bertz CT molecular complexity index is 261. The van der Waals surface area contributed by atoms with E-state index in [1.54, 1.807) is 0 Å². The van der Waals surface area contributed by atoms with Crippen LogP contribution < -0.4 is 10.6 Å². The summed E-state index contributed by atoms with van der Waals surface area (Å²) < 4.78 is 0. The van der Waals surface area contributed by atoms with Gasteiger partial charge in [0.25, 0.3) is 0 Å². The maximum atomic E-state index is 12.0. The summed E-state index contributed by atoms with van der Waals surface area (Å²) in [6, 6.07) is 0. The van der Waals surface area contributed by atoms with E-state index in [1.165, 1.54) is 19.3 Å². The molecule has 2 rings (SSSR count). The molecule has 3 nitrogen and oxygen atoms in total. The third-order valence-corrected chi connectivity index (χ3v) is 3.97. The predicted molar refractivity (Wildman–Crippen MR) is 65.2 cm³/mol. The smallest absolute Gasteiger partial charge is 0.240 e. The minimum absolute atomic E-state index is 0.226. The number of rotatable bonds is 2. The number of hydrogen-bond acceptors (Lipinski definition) is 2. The molecule has 3 heteroatoms. The van der Waals surface area contributed by atoms with Crippen molar-refractivity contribution in [2.75, 3.05) is 13.1 Å². The van der Waals surface area contributed by atoms with E-state index in [0.717, 1.165) is 37.8 Å². The van der Waals surface area contributed by atoms with Crippen LogP contribution in [0.2, 0.25) is 0 Å². The van der Waals surface area contributed by atoms with Crippen molar-refractivity contribution in [3.63, 3.8) is 0 Å². The van der Waals surface area contributed by atoms with Crippen molar-refractivity contribution in [2.24, 2.45) is 11.8 Å². The second-order valence-electron chi connectivity index (χ2n) is 5.86. The fourth-order valence-electron chi connectivity index (χ4n) is 3.35. The van der Waals surface area contributed by atoms with Crippen LogP contribution in [0.3, 0.4) is 0 Å². The number of amides is 1. The molecular formula is C13H24N2O. The Kier molecular flexibility index (Phi) is 3.53. The van der Waals surface area contributed by atoms with Crippen LogP contribution in [-0.2, 0) is 4.79 Å². The molecule has 0 aromatic rings. The number of piperazine rings is 1. The molecule has 1 heterocycles. The van der Waals surface area contributed by atoms with Gasteiger partial charge >= 0.3 is 0 Å². The first-order valence-corrected chi connectivity index (χ1v) is 6.66. The minimum atomic E-state index is -0.226. The van der Waals surface area contributed by atoms with E-state index in [2.05, 4.69) is 24.5 Å². The van der Waals surface area contributed by atoms with Crippen LogP contribution in [0.25, 0.3) is 0 Å². The number of nitrogens with one attached hydrogen (secondary N) is 2. The molecule has 0 aromatic heterocycles. The minimum Gasteiger partial charge on any atom is -0.353 e. The van der Waals surface area contributed by atoms with Crippen LogP contribution >= 0.6 is 0 Å². The quantitative estimate of drug-likeness (QED) is 0.749. The van der Waals surface area contributed by atoms with Gasteiger partial charge in [-0.2, -0.15) is 0 Å². The Morgan fingerprint density at radius 3 is 2.94 bits per heavy atom. The summed E-state index contributed by atoms with van der Waals surface area (Å²) in [6.07, 6.45) is 5.81. The Morgan fingerprint density at radius 1 is 1.44 bits per heavy atom. The second kappa shape index (κ2) is 4.74. The molecule has 1 amide bonds. The van der Waals surface area contributed by atoms with E-state index < -0.39 is 0 Å². The van der Waals surface area contributed by atoms with Gasteiger partial charge in [0.2, 0.25) is 5.91 Å². The molecule has 2 fully saturated rings. The molecule has 0 aromatic carbocycles. The van der Waals surface area contributed by atoms with E-state index in [1.807, 2.05) is 0 Å². The average molecular weight is 224 g/mol. The third kappa shape index (κ3) is 2.40. The van der Waals surface area contributed by atoms with E-state index in [-0.39, 0.29) is 11.4 Å². The van der Waals surface area contributed by atoms with Gasteiger partial charge in [0, 0.05) is 13.1 Å². The Balaban J connectivity index is 2.01. The summed E-state index contributed by atoms with van der Waals surface area (Å²) in [5.74, 6) is 1.71. The van der Waals surface area contributed by atoms with Gasteiger partial charge in [0.05, 0.1) is 5.54 Å². The lowest BCUT2D eigenvalue weighted by Gasteiger charge is -2.43. The fourth-order valence-corrected chi connectivity index (χ4v) is 3.35. The van der Waals surface area contributed by atoms with Crippen molar-refractivity contribution in [3.8, 4) is 0 Å². The molecule has 92 valence electrons. The highest BCUT2D eigenvalue weighted by atomic mass is 16.2. The Morgan fingerprint density at radius 2 is 2.25 bits per heavy atom. The zero-order valence-corrected chi connectivity index (χ0v) is 10.5. The molecule has 1 spiro atoms. The van der Waals surface area contributed by atoms with E-state index in [0.29, 0.717) is 0 Å². The first kappa shape index (κ1) is 11.9. The highest BCUT2D eigenvalue weighted by Crippen LogP contribution is 2.36. The normalized spacial score (nSPS) is 35.4. The molecule has 16 heavy (non-hydrogen) atoms. The van der Waals surface area contributed by atoms with Gasteiger partial charge in [-0.15, -0.1) is 0 Å². The highest BCUT2D eigenvalue weighted by Gasteiger charge is 2.43. The van der Waals surface area contributed by atoms with Gasteiger partial charge in [-0.05, 0) is 31.1 Å². The van der Waals surface area contributed by atoms with Crippen LogP contribution in [0.5, 0.6) is 0 Å². The zero-order valence-electron chi connectivity index (χ0n) is 10.5. The molecule has 2 unspecified atom stereocenters. The van der Waals surface area contributed by atoms with Crippen molar-refractivity contribution in [1.29, 1.82) is 0 Å². The van der Waals surface area contributed by atoms with Crippen LogP contribution in [-0.4, -0.2) is 24.5 Å². The summed E-state index contributed by atoms with van der Waals surface area (Å²) >= 11 is 0. The number of carbonyl (C=O) groups excluding carboxylic acids is 1. The number of carbonyl (C=O) groups is 1. The summed E-state index contributed by atoms with van der Waals surface area (Å²) in [5.41, 5.74) is -0.226. The SMILES string of the molecule is CC(C)CC1CCCC2(C1)NCCNC2=O. The number of hydrogen-bond donors (Lipinski definition) is 2. The summed E-state index contributed by atoms with van der Waals surface area (Å²) in [5, 5.41) is 6.49. The lowest BCUT2D eigenvalue weighted by Crippen LogP contribution is -2.64. The summed E-state index contributed by atoms with van der Waals surface area (Å²) in [6.45, 7) is 6.26. The summed E-state index contributed by atoms with van der Waals surface area (Å²) in [7, 11) is 0. The molecule has 1 aliphatic heterocycles. The van der Waals surface area contributed by atoms with Gasteiger partial charge < -0.3 is 10.6 Å². The lowest BCUT2D eigenvalue weighted by molar-refractivity contribution is -0.131. The molecule has 1 saturated carbocycles. The van der Waals surface area contributed by atoms with Crippen molar-refractivity contribution in [3.05, 3.63) is 0 Å². The highest BCUT2D eigenvalue weighted by molar-refractivity contribution is 5.87. The largest absolute Gasteiger partial charge is 0.353 e. The molecule has 2 atom stereocenters. The fraction of sp³-hybridized carbons (Fsp3) is 0.923. The van der Waals surface area contributed by atoms with E-state index in [4.69, 9.17) is 0 Å². The maximum absolute atomic E-state index is 12.0. The van der Waals surface area contributed by atoms with Crippen LogP contribution in [0.1, 0.15) is 46.0 Å². The van der Waals surface area contributed by atoms with E-state index >= 15 is 0 Å². The van der Waals surface area contributed by atoms with Crippen LogP contribution in [0.4, 0.5) is 0 Å². The first-order chi connectivity index (χ1) is 7.62. The van der Waals surface area contributed by atoms with E-state index in [9.17, 15) is 4.79 Å². The van der Waals surface area contributed by atoms with Gasteiger partial charge in [-0.1, -0.05) is 26.7 Å². The molecule has 1 aliphatic carbocycles. The summed E-state index contributed by atoms with van der Waals surface area (Å²) in [4.78, 5) is 12.0. The standard InChI is InChI=1S/C13H24N2O/c1-10(2)8-11-4-3-5-13(9-11)12(16)14-6-7-15-13/h10-11,15H,3-9H2,1-2H3,(H,14,16). The topological polar surface area (TPSA) is 41.1 Å². The molecule has 2 aliphatic rings. The molecular weight excluding hydrogens is 200 g/mol. The molecule has 2 N–H and O–H groups in total. The van der Waals surface area contributed by atoms with Crippen LogP contribution in [0.15, 0.2) is 0 Å². The monoisotopic (exact) mass is 224 g/mol.